The molecule has 0 aliphatic carbocycles. The van der Waals surface area contributed by atoms with Crippen molar-refractivity contribution in [3.63, 3.8) is 0 Å². The highest BCUT2D eigenvalue weighted by atomic mass is 16.5. The van der Waals surface area contributed by atoms with Gasteiger partial charge in [-0.3, -0.25) is 0 Å². The average molecular weight is 372 g/mol. The van der Waals surface area contributed by atoms with Crippen LogP contribution in [0.2, 0.25) is 0 Å². The van der Waals surface area contributed by atoms with Crippen molar-refractivity contribution in [3.8, 4) is 5.75 Å². The molecule has 1 aromatic rings. The highest BCUT2D eigenvalue weighted by Gasteiger charge is 2.03. The SMILES string of the molecule is CCCCCCCCCC=COc1c[c]ccc1CCCCCC(C)CC. The zero-order valence-corrected chi connectivity index (χ0v) is 18.3. The fourth-order valence-corrected chi connectivity index (χ4v) is 3.36. The second-order valence-electron chi connectivity index (χ2n) is 8.05. The van der Waals surface area contributed by atoms with Gasteiger partial charge in [-0.1, -0.05) is 97.1 Å². The molecular formula is C26H43O. The number of unbranched alkanes of at least 4 members (excludes halogenated alkanes) is 9. The van der Waals surface area contributed by atoms with E-state index in [2.05, 4.69) is 39.0 Å². The highest BCUT2D eigenvalue weighted by Crippen LogP contribution is 2.21. The van der Waals surface area contributed by atoms with E-state index in [4.69, 9.17) is 4.74 Å². The summed E-state index contributed by atoms with van der Waals surface area (Å²) in [6.45, 7) is 6.92. The predicted molar refractivity (Wildman–Crippen MR) is 119 cm³/mol. The van der Waals surface area contributed by atoms with Crippen molar-refractivity contribution in [3.05, 3.63) is 42.2 Å². The standard InChI is InChI=1S/C26H43O/c1-4-6-7-8-9-10-11-12-18-23-27-26-22-17-16-21-25(26)20-15-13-14-19-24(3)5-2/h16,18,21-24H,4-15,19-20H2,1-3H3. The van der Waals surface area contributed by atoms with Gasteiger partial charge in [0, 0.05) is 0 Å². The molecule has 0 aromatic heterocycles. The summed E-state index contributed by atoms with van der Waals surface area (Å²) in [4.78, 5) is 0. The van der Waals surface area contributed by atoms with Crippen molar-refractivity contribution >= 4 is 0 Å². The summed E-state index contributed by atoms with van der Waals surface area (Å²) >= 11 is 0. The molecule has 27 heavy (non-hydrogen) atoms. The molecule has 1 heteroatoms. The van der Waals surface area contributed by atoms with Crippen LogP contribution in [-0.4, -0.2) is 0 Å². The van der Waals surface area contributed by atoms with Gasteiger partial charge in [0.1, 0.15) is 5.75 Å². The summed E-state index contributed by atoms with van der Waals surface area (Å²) in [7, 11) is 0. The first kappa shape index (κ1) is 23.8. The average Bonchev–Trinajstić information content (AvgIpc) is 2.69. The van der Waals surface area contributed by atoms with E-state index in [1.54, 1.807) is 0 Å². The van der Waals surface area contributed by atoms with Crippen LogP contribution in [0.3, 0.4) is 0 Å². The van der Waals surface area contributed by atoms with E-state index >= 15 is 0 Å². The first-order chi connectivity index (χ1) is 13.3. The van der Waals surface area contributed by atoms with Gasteiger partial charge in [-0.25, -0.2) is 0 Å². The summed E-state index contributed by atoms with van der Waals surface area (Å²) in [6.07, 6.45) is 22.4. The van der Waals surface area contributed by atoms with Crippen molar-refractivity contribution < 1.29 is 4.74 Å². The van der Waals surface area contributed by atoms with Gasteiger partial charge in [-0.15, -0.1) is 0 Å². The topological polar surface area (TPSA) is 9.23 Å². The Morgan fingerprint density at radius 2 is 1.70 bits per heavy atom. The molecule has 1 rings (SSSR count). The lowest BCUT2D eigenvalue weighted by Crippen LogP contribution is -1.94. The lowest BCUT2D eigenvalue weighted by Gasteiger charge is -2.09. The monoisotopic (exact) mass is 371 g/mol. The quantitative estimate of drug-likeness (QED) is 0.196. The predicted octanol–water partition coefficient (Wildman–Crippen LogP) is 8.67. The van der Waals surface area contributed by atoms with E-state index in [0.29, 0.717) is 0 Å². The fourth-order valence-electron chi connectivity index (χ4n) is 3.36. The van der Waals surface area contributed by atoms with Crippen LogP contribution >= 0.6 is 0 Å². The Labute approximate surface area is 169 Å². The lowest BCUT2D eigenvalue weighted by atomic mass is 9.99. The van der Waals surface area contributed by atoms with Crippen molar-refractivity contribution in [2.24, 2.45) is 5.92 Å². The van der Waals surface area contributed by atoms with Crippen molar-refractivity contribution in [2.45, 2.75) is 111 Å². The molecular weight excluding hydrogens is 328 g/mol. The minimum Gasteiger partial charge on any atom is -0.465 e. The molecule has 0 spiro atoms. The molecule has 0 fully saturated rings. The zero-order chi connectivity index (χ0) is 19.6. The van der Waals surface area contributed by atoms with E-state index in [9.17, 15) is 0 Å². The molecule has 0 aliphatic rings. The van der Waals surface area contributed by atoms with Crippen LogP contribution in [0.25, 0.3) is 0 Å². The van der Waals surface area contributed by atoms with Gasteiger partial charge in [0.2, 0.25) is 0 Å². The number of hydrogen-bond donors (Lipinski definition) is 0. The number of hydrogen-bond acceptors (Lipinski definition) is 1. The van der Waals surface area contributed by atoms with Crippen LogP contribution < -0.4 is 4.74 Å². The van der Waals surface area contributed by atoms with Gasteiger partial charge < -0.3 is 4.74 Å². The zero-order valence-electron chi connectivity index (χ0n) is 18.3. The molecule has 153 valence electrons. The van der Waals surface area contributed by atoms with Crippen LogP contribution in [0.1, 0.15) is 110 Å². The molecule has 0 heterocycles. The number of allylic oxidation sites excluding steroid dienone is 1. The number of benzene rings is 1. The van der Waals surface area contributed by atoms with Crippen molar-refractivity contribution in [2.75, 3.05) is 0 Å². The number of rotatable bonds is 17. The molecule has 1 radical (unpaired) electrons. The van der Waals surface area contributed by atoms with Gasteiger partial charge in [0.15, 0.2) is 0 Å². The van der Waals surface area contributed by atoms with E-state index in [0.717, 1.165) is 24.5 Å². The van der Waals surface area contributed by atoms with Gasteiger partial charge in [0.25, 0.3) is 0 Å². The summed E-state index contributed by atoms with van der Waals surface area (Å²) in [5, 5.41) is 0. The molecule has 0 saturated carbocycles. The number of ether oxygens (including phenoxy) is 1. The Balaban J connectivity index is 2.17. The van der Waals surface area contributed by atoms with Crippen molar-refractivity contribution in [1.29, 1.82) is 0 Å². The largest absolute Gasteiger partial charge is 0.465 e. The summed E-state index contributed by atoms with van der Waals surface area (Å²) in [6, 6.07) is 9.30. The van der Waals surface area contributed by atoms with Gasteiger partial charge in [-0.05, 0) is 55.4 Å². The Kier molecular flexibility index (Phi) is 14.9. The molecule has 1 unspecified atom stereocenters. The van der Waals surface area contributed by atoms with E-state index in [1.807, 2.05) is 18.4 Å². The van der Waals surface area contributed by atoms with Crippen LogP contribution in [0.15, 0.2) is 30.5 Å². The maximum atomic E-state index is 5.90. The summed E-state index contributed by atoms with van der Waals surface area (Å²) < 4.78 is 5.90. The third-order valence-corrected chi connectivity index (χ3v) is 5.52. The van der Waals surface area contributed by atoms with E-state index in [1.165, 1.54) is 82.6 Å². The van der Waals surface area contributed by atoms with Crippen LogP contribution in [0, 0.1) is 12.0 Å². The van der Waals surface area contributed by atoms with Gasteiger partial charge in [0.05, 0.1) is 6.26 Å². The third kappa shape index (κ3) is 12.7. The second-order valence-corrected chi connectivity index (χ2v) is 8.05. The first-order valence-corrected chi connectivity index (χ1v) is 11.6. The van der Waals surface area contributed by atoms with Gasteiger partial charge in [-0.2, -0.15) is 0 Å². The Bertz CT molecular complexity index is 477. The van der Waals surface area contributed by atoms with Crippen LogP contribution in [0.4, 0.5) is 0 Å². The molecule has 0 amide bonds. The van der Waals surface area contributed by atoms with Crippen LogP contribution in [0.5, 0.6) is 5.75 Å². The minimum atomic E-state index is 0.872. The molecule has 1 aromatic carbocycles. The van der Waals surface area contributed by atoms with Gasteiger partial charge >= 0.3 is 0 Å². The van der Waals surface area contributed by atoms with E-state index in [-0.39, 0.29) is 0 Å². The molecule has 1 atom stereocenters. The Morgan fingerprint density at radius 1 is 0.963 bits per heavy atom. The second kappa shape index (κ2) is 16.9. The summed E-state index contributed by atoms with van der Waals surface area (Å²) in [5.74, 6) is 1.85. The number of aryl methyl sites for hydroxylation is 1. The maximum Gasteiger partial charge on any atom is 0.130 e. The highest BCUT2D eigenvalue weighted by molar-refractivity contribution is 5.33. The molecule has 1 nitrogen and oxygen atoms in total. The third-order valence-electron chi connectivity index (χ3n) is 5.52. The molecule has 0 N–H and O–H groups in total. The molecule has 0 bridgehead atoms. The van der Waals surface area contributed by atoms with Crippen molar-refractivity contribution in [1.82, 2.24) is 0 Å². The molecule has 0 aliphatic heterocycles. The van der Waals surface area contributed by atoms with E-state index < -0.39 is 0 Å². The first-order valence-electron chi connectivity index (χ1n) is 11.6. The maximum absolute atomic E-state index is 5.90. The van der Waals surface area contributed by atoms with Crippen LogP contribution in [-0.2, 0) is 6.42 Å². The normalized spacial score (nSPS) is 12.6. The lowest BCUT2D eigenvalue weighted by molar-refractivity contribution is 0.463. The molecule has 0 saturated heterocycles. The fraction of sp³-hybridized carbons (Fsp3) is 0.692. The Hall–Kier alpha value is -1.24. The minimum absolute atomic E-state index is 0.872. The Morgan fingerprint density at radius 3 is 2.48 bits per heavy atom. The summed E-state index contributed by atoms with van der Waals surface area (Å²) in [5.41, 5.74) is 1.32. The smallest absolute Gasteiger partial charge is 0.130 e.